The van der Waals surface area contributed by atoms with Crippen LogP contribution in [0, 0.1) is 5.82 Å². The average molecular weight is 597 g/mol. The summed E-state index contributed by atoms with van der Waals surface area (Å²) in [5, 5.41) is 17.5. The number of ether oxygens (including phenoxy) is 2. The Morgan fingerprint density at radius 3 is 1.67 bits per heavy atom. The van der Waals surface area contributed by atoms with E-state index in [9.17, 15) is 9.50 Å². The Bertz CT molecular complexity index is 1790. The number of aromatic nitrogens is 6. The van der Waals surface area contributed by atoms with E-state index in [-0.39, 0.29) is 49.4 Å². The van der Waals surface area contributed by atoms with E-state index < -0.39 is 0 Å². The Kier molecular flexibility index (Phi) is 13.2. The molecule has 0 fully saturated rings. The molecule has 43 heavy (non-hydrogen) atoms. The number of nitrogens with zero attached hydrogens (tertiary/aromatic N) is 6. The van der Waals surface area contributed by atoms with Crippen molar-refractivity contribution >= 4 is 22.1 Å². The second-order valence-electron chi connectivity index (χ2n) is 8.83. The predicted octanol–water partition coefficient (Wildman–Crippen LogP) is 1.54. The van der Waals surface area contributed by atoms with Crippen LogP contribution in [-0.2, 0) is 20.7 Å². The average Bonchev–Trinajstić information content (AvgIpc) is 3.54. The fourth-order valence-electron chi connectivity index (χ4n) is 4.32. The molecule has 0 aliphatic carbocycles. The number of halogens is 1. The van der Waals surface area contributed by atoms with Gasteiger partial charge in [0, 0.05) is 37.6 Å². The van der Waals surface area contributed by atoms with Crippen molar-refractivity contribution in [1.82, 2.24) is 29.1 Å². The van der Waals surface area contributed by atoms with Crippen molar-refractivity contribution in [3.05, 3.63) is 84.7 Å². The molecule has 4 heterocycles. The number of benzene rings is 2. The van der Waals surface area contributed by atoms with Gasteiger partial charge in [-0.15, -0.1) is 0 Å². The first-order valence-electron chi connectivity index (χ1n) is 12.5. The number of rotatable bonds is 5. The first-order chi connectivity index (χ1) is 19.9. The van der Waals surface area contributed by atoms with Gasteiger partial charge in [-0.1, -0.05) is 13.5 Å². The van der Waals surface area contributed by atoms with Gasteiger partial charge in [-0.2, -0.15) is 7.11 Å². The molecule has 0 saturated carbocycles. The van der Waals surface area contributed by atoms with E-state index in [1.54, 1.807) is 45.1 Å². The summed E-state index contributed by atoms with van der Waals surface area (Å²) in [5.41, 5.74) is 5.97. The Labute approximate surface area is 272 Å². The van der Waals surface area contributed by atoms with E-state index in [1.165, 1.54) is 12.1 Å². The summed E-state index contributed by atoms with van der Waals surface area (Å²) < 4.78 is 27.5. The number of aliphatic hydroxyl groups is 1. The normalized spacial score (nSPS) is 10.0. The molecular formula is C31H34FN6NaO4. The number of hydrogen-bond acceptors (Lipinski definition) is 8. The standard InChI is InChI=1S/C15H15N3O2.C14H12FN3O.CH3O.CH4.Na/c1-18-14-5-10(9-19)3-4-13(14)17-15(18)11-6-12(20-2)8-16-7-11;1-18-13-6-10(15)3-4-12(13)17-14(18)9-5-11(19-2)8-16-7-9;1-2;;/h3-8,19H,9H2,1-2H3;3-8H,1-2H3;1H3;1H4;/q;;-1;;+1. The number of fused-ring (bicyclic) bond motifs is 2. The van der Waals surface area contributed by atoms with Crippen LogP contribution in [0.15, 0.2) is 73.3 Å². The molecule has 4 aromatic heterocycles. The monoisotopic (exact) mass is 596 g/mol. The molecule has 0 unspecified atom stereocenters. The van der Waals surface area contributed by atoms with Gasteiger partial charge >= 0.3 is 29.6 Å². The fraction of sp³-hybridized carbons (Fsp3) is 0.226. The number of pyridine rings is 2. The van der Waals surface area contributed by atoms with Crippen molar-refractivity contribution in [2.75, 3.05) is 21.3 Å². The van der Waals surface area contributed by atoms with Crippen molar-refractivity contribution in [3.8, 4) is 34.3 Å². The molecule has 6 aromatic rings. The molecule has 0 radical (unpaired) electrons. The van der Waals surface area contributed by atoms with Crippen molar-refractivity contribution in [2.45, 2.75) is 14.0 Å². The van der Waals surface area contributed by atoms with Crippen LogP contribution in [0.3, 0.4) is 0 Å². The van der Waals surface area contributed by atoms with E-state index in [2.05, 4.69) is 19.9 Å². The van der Waals surface area contributed by atoms with Gasteiger partial charge in [0.2, 0.25) is 0 Å². The summed E-state index contributed by atoms with van der Waals surface area (Å²) in [6.07, 6.45) is 6.76. The summed E-state index contributed by atoms with van der Waals surface area (Å²) in [6, 6.07) is 14.0. The number of imidazole rings is 2. The first-order valence-corrected chi connectivity index (χ1v) is 12.5. The third kappa shape index (κ3) is 7.75. The maximum Gasteiger partial charge on any atom is 1.00 e. The minimum absolute atomic E-state index is 0. The minimum Gasteiger partial charge on any atom is -0.857 e. The van der Waals surface area contributed by atoms with Crippen LogP contribution in [0.1, 0.15) is 13.0 Å². The molecule has 1 N–H and O–H groups in total. The van der Waals surface area contributed by atoms with E-state index in [0.717, 1.165) is 57.5 Å². The molecule has 0 saturated heterocycles. The summed E-state index contributed by atoms with van der Waals surface area (Å²) in [5.74, 6) is 2.64. The zero-order valence-corrected chi connectivity index (χ0v) is 26.4. The molecule has 6 rings (SSSR count). The minimum atomic E-state index is -0.272. The van der Waals surface area contributed by atoms with Crippen molar-refractivity contribution in [2.24, 2.45) is 14.1 Å². The maximum atomic E-state index is 13.3. The van der Waals surface area contributed by atoms with Gasteiger partial charge in [-0.3, -0.25) is 9.97 Å². The van der Waals surface area contributed by atoms with Gasteiger partial charge in [0.05, 0.1) is 55.3 Å². The largest absolute Gasteiger partial charge is 1.00 e. The van der Waals surface area contributed by atoms with E-state index in [0.29, 0.717) is 11.5 Å². The molecule has 0 bridgehead atoms. The van der Waals surface area contributed by atoms with Gasteiger partial charge < -0.3 is 28.8 Å². The number of hydrogen-bond donors (Lipinski definition) is 1. The Morgan fingerprint density at radius 1 is 0.744 bits per heavy atom. The summed E-state index contributed by atoms with van der Waals surface area (Å²) in [4.78, 5) is 17.4. The molecule has 0 amide bonds. The van der Waals surface area contributed by atoms with E-state index >= 15 is 0 Å². The van der Waals surface area contributed by atoms with Crippen LogP contribution in [0.25, 0.3) is 44.8 Å². The van der Waals surface area contributed by atoms with Crippen LogP contribution in [-0.4, -0.2) is 55.5 Å². The summed E-state index contributed by atoms with van der Waals surface area (Å²) >= 11 is 0. The zero-order chi connectivity index (χ0) is 29.5. The fourth-order valence-corrected chi connectivity index (χ4v) is 4.32. The summed E-state index contributed by atoms with van der Waals surface area (Å²) in [6.45, 7) is 0.0250. The third-order valence-electron chi connectivity index (χ3n) is 6.38. The van der Waals surface area contributed by atoms with Gasteiger partial charge in [-0.25, -0.2) is 14.4 Å². The predicted molar refractivity (Wildman–Crippen MR) is 160 cm³/mol. The number of methoxy groups -OCH3 is 2. The second-order valence-corrected chi connectivity index (χ2v) is 8.83. The molecule has 0 atom stereocenters. The topological polar surface area (TPSA) is 123 Å². The number of aliphatic hydroxyl groups excluding tert-OH is 1. The van der Waals surface area contributed by atoms with Crippen molar-refractivity contribution in [3.63, 3.8) is 0 Å². The van der Waals surface area contributed by atoms with Gasteiger partial charge in [0.1, 0.15) is 29.0 Å². The molecule has 0 aliphatic rings. The molecule has 10 nitrogen and oxygen atoms in total. The SMILES string of the molecule is C.COc1cncc(-c2nc3ccc(CO)cc3n2C)c1.COc1cncc(-c2nc3ccc(F)cc3n2C)c1.C[O-].[Na+]. The number of aryl methyl sites for hydroxylation is 2. The first kappa shape index (κ1) is 35.3. The Balaban J connectivity index is 0.000000272. The Hall–Kier alpha value is -3.87. The maximum absolute atomic E-state index is 13.3. The van der Waals surface area contributed by atoms with Crippen LogP contribution >= 0.6 is 0 Å². The van der Waals surface area contributed by atoms with Gasteiger partial charge in [0.15, 0.2) is 0 Å². The zero-order valence-electron chi connectivity index (χ0n) is 24.4. The Morgan fingerprint density at radius 2 is 1.21 bits per heavy atom. The molecule has 0 spiro atoms. The smallest absolute Gasteiger partial charge is 0.857 e. The molecule has 0 aliphatic heterocycles. The molecular weight excluding hydrogens is 562 g/mol. The molecule has 220 valence electrons. The van der Waals surface area contributed by atoms with Crippen LogP contribution in [0.2, 0.25) is 0 Å². The molecule has 12 heteroatoms. The van der Waals surface area contributed by atoms with Gasteiger partial charge in [-0.05, 0) is 48.0 Å². The van der Waals surface area contributed by atoms with Crippen molar-refractivity contribution in [1.29, 1.82) is 0 Å². The van der Waals surface area contributed by atoms with Crippen LogP contribution in [0.5, 0.6) is 11.5 Å². The van der Waals surface area contributed by atoms with Crippen LogP contribution in [0.4, 0.5) is 4.39 Å². The van der Waals surface area contributed by atoms with Gasteiger partial charge in [0.25, 0.3) is 0 Å². The quantitative estimate of drug-likeness (QED) is 0.298. The molecule has 2 aromatic carbocycles. The summed E-state index contributed by atoms with van der Waals surface area (Å²) in [7, 11) is 7.75. The second kappa shape index (κ2) is 16.1. The van der Waals surface area contributed by atoms with E-state index in [1.807, 2.05) is 53.6 Å². The van der Waals surface area contributed by atoms with E-state index in [4.69, 9.17) is 14.6 Å². The van der Waals surface area contributed by atoms with Crippen LogP contribution < -0.4 is 44.1 Å². The third-order valence-corrected chi connectivity index (χ3v) is 6.38. The van der Waals surface area contributed by atoms with Crippen molar-refractivity contribution < 1.29 is 53.6 Å².